The highest BCUT2D eigenvalue weighted by Gasteiger charge is 2.25. The van der Waals surface area contributed by atoms with Crippen molar-refractivity contribution in [3.63, 3.8) is 0 Å². The number of methoxy groups -OCH3 is 2. The number of carbonyl (C=O) groups excluding carboxylic acids is 1. The highest BCUT2D eigenvalue weighted by atomic mass is 16.5. The maximum atomic E-state index is 13.3. The van der Waals surface area contributed by atoms with Gasteiger partial charge in [-0.25, -0.2) is 0 Å². The van der Waals surface area contributed by atoms with Crippen molar-refractivity contribution in [3.05, 3.63) is 89.1 Å². The van der Waals surface area contributed by atoms with Crippen molar-refractivity contribution in [1.29, 1.82) is 0 Å². The number of morpholine rings is 1. The van der Waals surface area contributed by atoms with Crippen LogP contribution in [-0.2, 0) is 20.7 Å². The van der Waals surface area contributed by atoms with Gasteiger partial charge in [-0.15, -0.1) is 0 Å². The first-order valence-corrected chi connectivity index (χ1v) is 15.7. The molecule has 3 aromatic carbocycles. The van der Waals surface area contributed by atoms with E-state index < -0.39 is 6.10 Å². The van der Waals surface area contributed by atoms with Gasteiger partial charge in [-0.1, -0.05) is 12.1 Å². The van der Waals surface area contributed by atoms with Gasteiger partial charge in [-0.05, 0) is 84.1 Å². The molecule has 46 heavy (non-hydrogen) atoms. The van der Waals surface area contributed by atoms with Crippen LogP contribution < -0.4 is 29.7 Å². The normalized spacial score (nSPS) is 16.7. The molecule has 2 aliphatic heterocycles. The number of amides is 1. The fourth-order valence-electron chi connectivity index (χ4n) is 5.88. The molecule has 0 spiro atoms. The molecule has 1 unspecified atom stereocenters. The van der Waals surface area contributed by atoms with Crippen LogP contribution in [0.1, 0.15) is 24.0 Å². The topological polar surface area (TPSA) is 111 Å². The second-order valence-electron chi connectivity index (χ2n) is 11.5. The van der Waals surface area contributed by atoms with E-state index in [-0.39, 0.29) is 19.1 Å². The van der Waals surface area contributed by atoms with Crippen LogP contribution in [0.25, 0.3) is 5.57 Å². The van der Waals surface area contributed by atoms with Crippen molar-refractivity contribution in [1.82, 2.24) is 0 Å². The van der Waals surface area contributed by atoms with Gasteiger partial charge in [-0.2, -0.15) is 0 Å². The predicted molar refractivity (Wildman–Crippen MR) is 178 cm³/mol. The zero-order valence-corrected chi connectivity index (χ0v) is 26.3. The number of aliphatic hydroxyl groups excluding tert-OH is 1. The van der Waals surface area contributed by atoms with Crippen LogP contribution in [-0.4, -0.2) is 77.5 Å². The maximum Gasteiger partial charge on any atom is 0.253 e. The van der Waals surface area contributed by atoms with E-state index in [1.807, 2.05) is 48.5 Å². The lowest BCUT2D eigenvalue weighted by Gasteiger charge is -2.28. The number of allylic oxidation sites excluding steroid dienone is 2. The first kappa shape index (κ1) is 31.5. The Morgan fingerprint density at radius 3 is 2.50 bits per heavy atom. The van der Waals surface area contributed by atoms with Gasteiger partial charge in [0.2, 0.25) is 0 Å². The smallest absolute Gasteiger partial charge is 0.253 e. The molecule has 1 amide bonds. The number of hydrogen-bond donors (Lipinski definition) is 3. The van der Waals surface area contributed by atoms with E-state index in [4.69, 9.17) is 23.7 Å². The monoisotopic (exact) mass is 627 g/mol. The van der Waals surface area contributed by atoms with Crippen LogP contribution in [0.2, 0.25) is 0 Å². The third kappa shape index (κ3) is 7.47. The number of ether oxygens (including phenoxy) is 5. The minimum absolute atomic E-state index is 0.0961. The molecule has 2 heterocycles. The molecule has 3 aromatic rings. The van der Waals surface area contributed by atoms with Gasteiger partial charge < -0.3 is 44.3 Å². The number of rotatable bonds is 12. The fraction of sp³-hybridized carbons (Fsp3) is 0.361. The summed E-state index contributed by atoms with van der Waals surface area (Å²) in [5.41, 5.74) is 7.42. The van der Waals surface area contributed by atoms with E-state index in [2.05, 4.69) is 33.7 Å². The first-order chi connectivity index (χ1) is 22.5. The summed E-state index contributed by atoms with van der Waals surface area (Å²) < 4.78 is 27.8. The van der Waals surface area contributed by atoms with Crippen LogP contribution in [0.5, 0.6) is 17.2 Å². The van der Waals surface area contributed by atoms with Gasteiger partial charge in [0.05, 0.1) is 44.9 Å². The molecule has 6 rings (SSSR count). The highest BCUT2D eigenvalue weighted by Crippen LogP contribution is 2.38. The zero-order chi connectivity index (χ0) is 31.9. The molecular weight excluding hydrogens is 586 g/mol. The van der Waals surface area contributed by atoms with Crippen molar-refractivity contribution >= 4 is 28.5 Å². The Morgan fingerprint density at radius 1 is 0.891 bits per heavy atom. The SMILES string of the molecule is COCC(O)COc1ccc(C2=CC3=C(CC2)C(=O)Nc2cc(CCOc4ccc(N5CCOCC5)cc4)ccc2N3)cc1OC. The summed E-state index contributed by atoms with van der Waals surface area (Å²) in [5.74, 6) is 1.85. The Hall–Kier alpha value is -4.51. The molecule has 1 fully saturated rings. The molecule has 3 aliphatic rings. The Labute approximate surface area is 269 Å². The number of anilines is 3. The second-order valence-corrected chi connectivity index (χ2v) is 11.5. The summed E-state index contributed by atoms with van der Waals surface area (Å²) in [5, 5.41) is 16.6. The third-order valence-electron chi connectivity index (χ3n) is 8.36. The molecule has 10 heteroatoms. The Balaban J connectivity index is 1.09. The van der Waals surface area contributed by atoms with Crippen molar-refractivity contribution in [2.24, 2.45) is 0 Å². The third-order valence-corrected chi connectivity index (χ3v) is 8.36. The maximum absolute atomic E-state index is 13.3. The van der Waals surface area contributed by atoms with E-state index in [0.717, 1.165) is 71.4 Å². The molecular formula is C36H41N3O7. The molecule has 1 aliphatic carbocycles. The quantitative estimate of drug-likeness (QED) is 0.255. The molecule has 0 saturated carbocycles. The number of benzene rings is 3. The van der Waals surface area contributed by atoms with Crippen LogP contribution in [0.15, 0.2) is 78.0 Å². The average Bonchev–Trinajstić information content (AvgIpc) is 3.22. The second kappa shape index (κ2) is 14.7. The molecule has 0 radical (unpaired) electrons. The van der Waals surface area contributed by atoms with Crippen molar-refractivity contribution in [3.8, 4) is 17.2 Å². The fourth-order valence-corrected chi connectivity index (χ4v) is 5.88. The van der Waals surface area contributed by atoms with Gasteiger partial charge in [0, 0.05) is 43.6 Å². The van der Waals surface area contributed by atoms with Gasteiger partial charge in [0.25, 0.3) is 5.91 Å². The van der Waals surface area contributed by atoms with Crippen LogP contribution >= 0.6 is 0 Å². The van der Waals surface area contributed by atoms with E-state index >= 15 is 0 Å². The largest absolute Gasteiger partial charge is 0.493 e. The average molecular weight is 628 g/mol. The zero-order valence-electron chi connectivity index (χ0n) is 26.3. The van der Waals surface area contributed by atoms with Gasteiger partial charge in [0.15, 0.2) is 11.5 Å². The summed E-state index contributed by atoms with van der Waals surface area (Å²) in [6.45, 7) is 4.14. The number of nitrogens with one attached hydrogen (secondary N) is 2. The number of carbonyl (C=O) groups is 1. The first-order valence-electron chi connectivity index (χ1n) is 15.7. The summed E-state index contributed by atoms with van der Waals surface area (Å²) in [7, 11) is 3.12. The Kier molecular flexibility index (Phi) is 10.1. The Bertz CT molecular complexity index is 1600. The van der Waals surface area contributed by atoms with Crippen LogP contribution in [0.4, 0.5) is 17.1 Å². The number of nitrogens with zero attached hydrogens (tertiary/aromatic N) is 1. The minimum atomic E-state index is -0.732. The lowest BCUT2D eigenvalue weighted by Crippen LogP contribution is -2.36. The lowest BCUT2D eigenvalue weighted by molar-refractivity contribution is -0.113. The van der Waals surface area contributed by atoms with Crippen LogP contribution in [0.3, 0.4) is 0 Å². The van der Waals surface area contributed by atoms with Gasteiger partial charge >= 0.3 is 0 Å². The van der Waals surface area contributed by atoms with Gasteiger partial charge in [-0.3, -0.25) is 4.79 Å². The minimum Gasteiger partial charge on any atom is -0.493 e. The van der Waals surface area contributed by atoms with E-state index in [0.29, 0.717) is 37.4 Å². The number of hydrogen-bond acceptors (Lipinski definition) is 9. The molecule has 10 nitrogen and oxygen atoms in total. The highest BCUT2D eigenvalue weighted by molar-refractivity contribution is 6.09. The summed E-state index contributed by atoms with van der Waals surface area (Å²) in [4.78, 5) is 15.6. The van der Waals surface area contributed by atoms with Crippen molar-refractivity contribution in [2.45, 2.75) is 25.4 Å². The molecule has 1 saturated heterocycles. The molecule has 0 aromatic heterocycles. The Morgan fingerprint density at radius 2 is 1.72 bits per heavy atom. The molecule has 1 atom stereocenters. The lowest BCUT2D eigenvalue weighted by atomic mass is 9.91. The van der Waals surface area contributed by atoms with Gasteiger partial charge in [0.1, 0.15) is 18.5 Å². The summed E-state index contributed by atoms with van der Waals surface area (Å²) in [6, 6.07) is 20.0. The van der Waals surface area contributed by atoms with E-state index in [1.165, 1.54) is 12.8 Å². The van der Waals surface area contributed by atoms with Crippen LogP contribution in [0, 0.1) is 0 Å². The number of aliphatic hydroxyl groups is 1. The predicted octanol–water partition coefficient (Wildman–Crippen LogP) is 5.03. The summed E-state index contributed by atoms with van der Waals surface area (Å²) >= 11 is 0. The van der Waals surface area contributed by atoms with E-state index in [1.54, 1.807) is 7.11 Å². The van der Waals surface area contributed by atoms with E-state index in [9.17, 15) is 9.90 Å². The van der Waals surface area contributed by atoms with Crippen molar-refractivity contribution < 1.29 is 33.6 Å². The molecule has 0 bridgehead atoms. The molecule has 3 N–H and O–H groups in total. The molecule has 242 valence electrons. The standard InChI is InChI=1S/C36H41N3O7/c1-42-22-28(40)23-46-34-12-5-26(21-35(34)43-2)25-4-10-30-32(20-25)37-31-11-3-24(19-33(31)38-36(30)41)13-16-45-29-8-6-27(7-9-29)39-14-17-44-18-15-39/h3,5-9,11-12,19-21,28,37,40H,4,10,13-18,22-23H2,1-2H3,(H,38,41). The van der Waals surface area contributed by atoms with Crippen molar-refractivity contribution in [2.75, 3.05) is 75.9 Å². The number of fused-ring (bicyclic) bond motifs is 1. The summed E-state index contributed by atoms with van der Waals surface area (Å²) in [6.07, 6.45) is 3.32.